The van der Waals surface area contributed by atoms with Gasteiger partial charge in [0.1, 0.15) is 23.9 Å². The zero-order valence-corrected chi connectivity index (χ0v) is 21.4. The molecule has 3 aromatic rings. The summed E-state index contributed by atoms with van der Waals surface area (Å²) < 4.78 is 52.0. The first-order valence-corrected chi connectivity index (χ1v) is 13.1. The maximum absolute atomic E-state index is 13.5. The molecule has 0 fully saturated rings. The summed E-state index contributed by atoms with van der Waals surface area (Å²) >= 11 is 0. The molecule has 3 rings (SSSR count). The number of amides is 1. The van der Waals surface area contributed by atoms with E-state index < -0.39 is 28.3 Å². The zero-order valence-electron chi connectivity index (χ0n) is 20.6. The fraction of sp³-hybridized carbons (Fsp3) is 0.296. The minimum atomic E-state index is -4.09. The number of ether oxygens (including phenoxy) is 2. The topological polar surface area (TPSA) is 84.9 Å². The number of sulfonamides is 1. The summed E-state index contributed by atoms with van der Waals surface area (Å²) in [5.41, 5.74) is 1.27. The Bertz CT molecular complexity index is 1250. The average molecular weight is 515 g/mol. The summed E-state index contributed by atoms with van der Waals surface area (Å²) in [6.45, 7) is 3.85. The largest absolute Gasteiger partial charge is 0.497 e. The van der Waals surface area contributed by atoms with E-state index in [-0.39, 0.29) is 16.7 Å². The molecule has 3 aromatic carbocycles. The smallest absolute Gasteiger partial charge is 0.264 e. The maximum Gasteiger partial charge on any atom is 0.264 e. The molecule has 0 saturated heterocycles. The number of methoxy groups -OCH3 is 1. The summed E-state index contributed by atoms with van der Waals surface area (Å²) in [7, 11) is -2.61. The van der Waals surface area contributed by atoms with Gasteiger partial charge >= 0.3 is 0 Å². The highest BCUT2D eigenvalue weighted by Gasteiger charge is 2.27. The molecule has 0 aromatic heterocycles. The van der Waals surface area contributed by atoms with Gasteiger partial charge in [-0.25, -0.2) is 12.8 Å². The highest BCUT2D eigenvalue weighted by Crippen LogP contribution is 2.25. The van der Waals surface area contributed by atoms with Gasteiger partial charge in [0.05, 0.1) is 23.8 Å². The van der Waals surface area contributed by atoms with Crippen molar-refractivity contribution in [2.75, 3.05) is 24.5 Å². The van der Waals surface area contributed by atoms with Gasteiger partial charge in [-0.15, -0.1) is 0 Å². The Kier molecular flexibility index (Phi) is 9.30. The van der Waals surface area contributed by atoms with E-state index in [0.717, 1.165) is 34.2 Å². The fourth-order valence-electron chi connectivity index (χ4n) is 3.55. The number of anilines is 1. The normalized spacial score (nSPS) is 11.2. The van der Waals surface area contributed by atoms with Gasteiger partial charge in [-0.3, -0.25) is 9.10 Å². The molecule has 0 aliphatic rings. The molecule has 9 heteroatoms. The standard InChI is InChI=1S/C27H31FN2O5S/c1-20(2)35-25-8-4-6-21(18-25)7-5-17-29-27(31)19-30(23-11-9-22(28)10-12-23)36(32,33)26-15-13-24(34-3)14-16-26/h4,6,8-16,18,20H,5,7,17,19H2,1-3H3,(H,29,31). The van der Waals surface area contributed by atoms with Crippen LogP contribution in [0.3, 0.4) is 0 Å². The summed E-state index contributed by atoms with van der Waals surface area (Å²) in [6.07, 6.45) is 1.47. The van der Waals surface area contributed by atoms with E-state index in [1.165, 1.54) is 43.5 Å². The molecule has 0 unspecified atom stereocenters. The van der Waals surface area contributed by atoms with Crippen LogP contribution in [0.5, 0.6) is 11.5 Å². The van der Waals surface area contributed by atoms with E-state index in [0.29, 0.717) is 18.7 Å². The third kappa shape index (κ3) is 7.45. The van der Waals surface area contributed by atoms with Crippen molar-refractivity contribution in [3.8, 4) is 11.5 Å². The molecule has 0 saturated carbocycles. The number of carbonyl (C=O) groups excluding carboxylic acids is 1. The van der Waals surface area contributed by atoms with Crippen molar-refractivity contribution in [1.82, 2.24) is 5.32 Å². The summed E-state index contributed by atoms with van der Waals surface area (Å²) in [5.74, 6) is 0.327. The first-order chi connectivity index (χ1) is 17.2. The van der Waals surface area contributed by atoms with Gasteiger partial charge in [0, 0.05) is 6.54 Å². The lowest BCUT2D eigenvalue weighted by molar-refractivity contribution is -0.119. The van der Waals surface area contributed by atoms with E-state index in [9.17, 15) is 17.6 Å². The monoisotopic (exact) mass is 514 g/mol. The first-order valence-electron chi connectivity index (χ1n) is 11.6. The lowest BCUT2D eigenvalue weighted by Gasteiger charge is -2.24. The van der Waals surface area contributed by atoms with Crippen LogP contribution in [-0.2, 0) is 21.2 Å². The first kappa shape index (κ1) is 27.0. The van der Waals surface area contributed by atoms with Crippen LogP contribution < -0.4 is 19.1 Å². The van der Waals surface area contributed by atoms with E-state index in [1.54, 1.807) is 0 Å². The Hall–Kier alpha value is -3.59. The molecule has 0 bridgehead atoms. The second-order valence-electron chi connectivity index (χ2n) is 8.43. The van der Waals surface area contributed by atoms with Crippen molar-refractivity contribution >= 4 is 21.6 Å². The van der Waals surface area contributed by atoms with Gasteiger partial charge in [0.15, 0.2) is 0 Å². The number of aryl methyl sites for hydroxylation is 1. The van der Waals surface area contributed by atoms with Crippen LogP contribution in [0.25, 0.3) is 0 Å². The van der Waals surface area contributed by atoms with Crippen molar-refractivity contribution in [1.29, 1.82) is 0 Å². The van der Waals surface area contributed by atoms with Gasteiger partial charge in [0.2, 0.25) is 5.91 Å². The molecule has 0 radical (unpaired) electrons. The molecule has 0 atom stereocenters. The number of rotatable bonds is 12. The number of nitrogens with zero attached hydrogens (tertiary/aromatic N) is 1. The third-order valence-electron chi connectivity index (χ3n) is 5.28. The molecule has 1 N–H and O–H groups in total. The fourth-order valence-corrected chi connectivity index (χ4v) is 4.97. The van der Waals surface area contributed by atoms with E-state index in [4.69, 9.17) is 9.47 Å². The Balaban J connectivity index is 1.66. The van der Waals surface area contributed by atoms with Crippen LogP contribution in [0.1, 0.15) is 25.8 Å². The molecule has 0 aliphatic heterocycles. The number of halogens is 1. The Morgan fingerprint density at radius 3 is 2.33 bits per heavy atom. The number of nitrogens with one attached hydrogen (secondary N) is 1. The van der Waals surface area contributed by atoms with E-state index >= 15 is 0 Å². The second-order valence-corrected chi connectivity index (χ2v) is 10.3. The molecule has 0 spiro atoms. The lowest BCUT2D eigenvalue weighted by Crippen LogP contribution is -2.41. The molecule has 36 heavy (non-hydrogen) atoms. The molecule has 0 aliphatic carbocycles. The van der Waals surface area contributed by atoms with Crippen LogP contribution in [0.15, 0.2) is 77.7 Å². The van der Waals surface area contributed by atoms with Gasteiger partial charge in [-0.2, -0.15) is 0 Å². The Morgan fingerprint density at radius 2 is 1.69 bits per heavy atom. The highest BCUT2D eigenvalue weighted by molar-refractivity contribution is 7.92. The average Bonchev–Trinajstić information content (AvgIpc) is 2.85. The van der Waals surface area contributed by atoms with Crippen LogP contribution in [0.4, 0.5) is 10.1 Å². The lowest BCUT2D eigenvalue weighted by atomic mass is 10.1. The predicted octanol–water partition coefficient (Wildman–Crippen LogP) is 4.57. The van der Waals surface area contributed by atoms with Crippen molar-refractivity contribution in [2.24, 2.45) is 0 Å². The van der Waals surface area contributed by atoms with Gasteiger partial charge in [0.25, 0.3) is 10.0 Å². The van der Waals surface area contributed by atoms with Crippen LogP contribution >= 0.6 is 0 Å². The van der Waals surface area contributed by atoms with Crippen LogP contribution in [0, 0.1) is 5.82 Å². The van der Waals surface area contributed by atoms with E-state index in [2.05, 4.69) is 5.32 Å². The third-order valence-corrected chi connectivity index (χ3v) is 7.07. The molecule has 192 valence electrons. The van der Waals surface area contributed by atoms with Gasteiger partial charge in [-0.05, 0) is 92.9 Å². The predicted molar refractivity (Wildman–Crippen MR) is 137 cm³/mol. The number of carbonyl (C=O) groups is 1. The number of benzene rings is 3. The summed E-state index contributed by atoms with van der Waals surface area (Å²) in [6, 6.07) is 18.6. The molecule has 0 heterocycles. The van der Waals surface area contributed by atoms with E-state index in [1.807, 2.05) is 38.1 Å². The minimum absolute atomic E-state index is 0.0103. The highest BCUT2D eigenvalue weighted by atomic mass is 32.2. The van der Waals surface area contributed by atoms with Crippen molar-refractivity contribution in [2.45, 2.75) is 37.7 Å². The molecular formula is C27H31FN2O5S. The summed E-state index contributed by atoms with van der Waals surface area (Å²) in [5, 5.41) is 2.78. The van der Waals surface area contributed by atoms with Crippen molar-refractivity contribution in [3.05, 3.63) is 84.2 Å². The van der Waals surface area contributed by atoms with Crippen LogP contribution in [-0.4, -0.2) is 40.6 Å². The Morgan fingerprint density at radius 1 is 1.00 bits per heavy atom. The number of hydrogen-bond donors (Lipinski definition) is 1. The molecular weight excluding hydrogens is 483 g/mol. The maximum atomic E-state index is 13.5. The summed E-state index contributed by atoms with van der Waals surface area (Å²) in [4.78, 5) is 12.7. The SMILES string of the molecule is COc1ccc(S(=O)(=O)N(CC(=O)NCCCc2cccc(OC(C)C)c2)c2ccc(F)cc2)cc1. The van der Waals surface area contributed by atoms with Gasteiger partial charge in [-0.1, -0.05) is 12.1 Å². The Labute approximate surface area is 211 Å². The quantitative estimate of drug-likeness (QED) is 0.358. The molecule has 7 nitrogen and oxygen atoms in total. The van der Waals surface area contributed by atoms with Crippen LogP contribution in [0.2, 0.25) is 0 Å². The van der Waals surface area contributed by atoms with Gasteiger partial charge < -0.3 is 14.8 Å². The van der Waals surface area contributed by atoms with Crippen molar-refractivity contribution in [3.63, 3.8) is 0 Å². The second kappa shape index (κ2) is 12.4. The van der Waals surface area contributed by atoms with Crippen molar-refractivity contribution < 1.29 is 27.1 Å². The zero-order chi connectivity index (χ0) is 26.1. The molecule has 1 amide bonds. The number of hydrogen-bond acceptors (Lipinski definition) is 5. The minimum Gasteiger partial charge on any atom is -0.497 e.